The Morgan fingerprint density at radius 3 is 2.53 bits per heavy atom. The van der Waals surface area contributed by atoms with E-state index in [1.165, 1.54) is 31.0 Å². The van der Waals surface area contributed by atoms with Gasteiger partial charge in [-0.05, 0) is 47.5 Å². The van der Waals surface area contributed by atoms with Gasteiger partial charge in [-0.3, -0.25) is 9.69 Å². The quantitative estimate of drug-likeness (QED) is 0.155. The van der Waals surface area contributed by atoms with Crippen molar-refractivity contribution >= 4 is 69.5 Å². The van der Waals surface area contributed by atoms with Crippen molar-refractivity contribution in [3.05, 3.63) is 98.4 Å². The second kappa shape index (κ2) is 10.6. The molecular formula is C25H17Cl2NO4S2. The van der Waals surface area contributed by atoms with Crippen LogP contribution in [0.3, 0.4) is 0 Å². The van der Waals surface area contributed by atoms with Crippen molar-refractivity contribution in [2.75, 3.05) is 7.11 Å². The van der Waals surface area contributed by atoms with E-state index >= 15 is 0 Å². The zero-order chi connectivity index (χ0) is 24.2. The molecule has 1 aliphatic rings. The summed E-state index contributed by atoms with van der Waals surface area (Å²) in [5.74, 6) is -0.264. The van der Waals surface area contributed by atoms with Crippen LogP contribution in [0.25, 0.3) is 6.08 Å². The van der Waals surface area contributed by atoms with Gasteiger partial charge in [-0.15, -0.1) is 0 Å². The summed E-state index contributed by atoms with van der Waals surface area (Å²) in [6, 6.07) is 19.2. The van der Waals surface area contributed by atoms with Gasteiger partial charge >= 0.3 is 5.97 Å². The van der Waals surface area contributed by atoms with Gasteiger partial charge in [0.1, 0.15) is 4.32 Å². The number of hydrogen-bond acceptors (Lipinski definition) is 6. The van der Waals surface area contributed by atoms with E-state index in [1.54, 1.807) is 35.2 Å². The molecule has 9 heteroatoms. The van der Waals surface area contributed by atoms with Crippen molar-refractivity contribution in [2.24, 2.45) is 0 Å². The van der Waals surface area contributed by atoms with Crippen molar-refractivity contribution in [2.45, 2.75) is 6.54 Å². The number of halogens is 2. The molecule has 0 radical (unpaired) electrons. The highest BCUT2D eigenvalue weighted by Crippen LogP contribution is 2.36. The van der Waals surface area contributed by atoms with Crippen LogP contribution in [0, 0.1) is 0 Å². The molecule has 0 aromatic heterocycles. The van der Waals surface area contributed by atoms with Gasteiger partial charge in [-0.2, -0.15) is 0 Å². The van der Waals surface area contributed by atoms with E-state index in [4.69, 9.17) is 44.9 Å². The van der Waals surface area contributed by atoms with Gasteiger partial charge in [-0.25, -0.2) is 4.79 Å². The number of nitrogens with zero attached hydrogens (tertiary/aromatic N) is 1. The summed E-state index contributed by atoms with van der Waals surface area (Å²) in [6.45, 7) is 0.411. The number of thioether (sulfide) groups is 1. The summed E-state index contributed by atoms with van der Waals surface area (Å²) in [5.41, 5.74) is 1.87. The smallest absolute Gasteiger partial charge is 0.345 e. The molecule has 4 rings (SSSR count). The molecule has 1 amide bonds. The highest BCUT2D eigenvalue weighted by atomic mass is 35.5. The van der Waals surface area contributed by atoms with Crippen LogP contribution in [-0.2, 0) is 11.3 Å². The zero-order valence-corrected chi connectivity index (χ0v) is 20.9. The minimum absolute atomic E-state index is 0.161. The first kappa shape index (κ1) is 24.3. The van der Waals surface area contributed by atoms with Crippen LogP contribution in [0.5, 0.6) is 11.5 Å². The largest absolute Gasteiger partial charge is 0.493 e. The monoisotopic (exact) mass is 529 g/mol. The van der Waals surface area contributed by atoms with E-state index in [0.717, 1.165) is 5.56 Å². The molecule has 0 N–H and O–H groups in total. The molecule has 34 heavy (non-hydrogen) atoms. The first-order valence-corrected chi connectivity index (χ1v) is 12.0. The van der Waals surface area contributed by atoms with E-state index in [-0.39, 0.29) is 22.2 Å². The highest BCUT2D eigenvalue weighted by molar-refractivity contribution is 8.26. The Labute approximate surface area is 216 Å². The number of ether oxygens (including phenoxy) is 2. The highest BCUT2D eigenvalue weighted by Gasteiger charge is 2.32. The average molecular weight is 530 g/mol. The summed E-state index contributed by atoms with van der Waals surface area (Å²) in [7, 11) is 1.46. The zero-order valence-electron chi connectivity index (χ0n) is 17.8. The molecule has 0 bridgehead atoms. The fraction of sp³-hybridized carbons (Fsp3) is 0.0800. The Hall–Kier alpha value is -2.84. The molecule has 0 unspecified atom stereocenters. The van der Waals surface area contributed by atoms with Gasteiger partial charge in [0.2, 0.25) is 0 Å². The Kier molecular flexibility index (Phi) is 7.58. The predicted octanol–water partition coefficient (Wildman–Crippen LogP) is 6.62. The summed E-state index contributed by atoms with van der Waals surface area (Å²) in [5, 5.41) is 0.600. The molecule has 1 aliphatic heterocycles. The standard InChI is InChI=1S/C25H17Cl2NO4S2/c1-31-21-11-16(7-10-20(21)32-24(30)18-9-8-17(26)13-19(18)27)12-22-23(29)28(25(33)34-22)14-15-5-3-2-4-6-15/h2-13H,14H2,1H3/b22-12-. The SMILES string of the molecule is COc1cc(/C=C2\SC(=S)N(Cc3ccccc3)C2=O)ccc1OC(=O)c1ccc(Cl)cc1Cl. The summed E-state index contributed by atoms with van der Waals surface area (Å²) >= 11 is 18.6. The van der Waals surface area contributed by atoms with E-state index < -0.39 is 5.97 Å². The fourth-order valence-corrected chi connectivity index (χ4v) is 4.96. The van der Waals surface area contributed by atoms with E-state index in [9.17, 15) is 9.59 Å². The first-order chi connectivity index (χ1) is 16.4. The maximum absolute atomic E-state index is 12.9. The van der Waals surface area contributed by atoms with Crippen LogP contribution in [-0.4, -0.2) is 28.2 Å². The molecule has 0 spiro atoms. The Balaban J connectivity index is 1.52. The van der Waals surface area contributed by atoms with Crippen molar-refractivity contribution in [1.29, 1.82) is 0 Å². The molecular weight excluding hydrogens is 513 g/mol. The van der Waals surface area contributed by atoms with Crippen molar-refractivity contribution in [3.63, 3.8) is 0 Å². The normalized spacial score (nSPS) is 14.6. The third-order valence-corrected chi connectivity index (χ3v) is 6.82. The Bertz CT molecular complexity index is 1310. The second-order valence-electron chi connectivity index (χ2n) is 7.18. The molecule has 1 saturated heterocycles. The van der Waals surface area contributed by atoms with Gasteiger partial charge in [0.05, 0.1) is 29.1 Å². The minimum atomic E-state index is -0.644. The van der Waals surface area contributed by atoms with Gasteiger partial charge in [-0.1, -0.05) is 83.6 Å². The number of hydrogen-bond donors (Lipinski definition) is 0. The number of amides is 1. The molecule has 0 atom stereocenters. The van der Waals surface area contributed by atoms with Crippen LogP contribution >= 0.6 is 47.2 Å². The number of rotatable bonds is 6. The molecule has 5 nitrogen and oxygen atoms in total. The Morgan fingerprint density at radius 1 is 1.06 bits per heavy atom. The maximum Gasteiger partial charge on any atom is 0.345 e. The van der Waals surface area contributed by atoms with Gasteiger partial charge < -0.3 is 9.47 Å². The summed E-state index contributed by atoms with van der Waals surface area (Å²) in [4.78, 5) is 27.6. The lowest BCUT2D eigenvalue weighted by molar-refractivity contribution is -0.122. The number of carbonyl (C=O) groups excluding carboxylic acids is 2. The minimum Gasteiger partial charge on any atom is -0.493 e. The third kappa shape index (κ3) is 5.45. The molecule has 3 aromatic carbocycles. The number of thiocarbonyl (C=S) groups is 1. The van der Waals surface area contributed by atoms with Gasteiger partial charge in [0.25, 0.3) is 5.91 Å². The number of carbonyl (C=O) groups is 2. The Morgan fingerprint density at radius 2 is 1.82 bits per heavy atom. The van der Waals surface area contributed by atoms with E-state index in [0.29, 0.717) is 32.1 Å². The van der Waals surface area contributed by atoms with Crippen molar-refractivity contribution in [3.8, 4) is 11.5 Å². The van der Waals surface area contributed by atoms with E-state index in [2.05, 4.69) is 0 Å². The molecule has 172 valence electrons. The molecule has 0 aliphatic carbocycles. The molecule has 0 saturated carbocycles. The van der Waals surface area contributed by atoms with Crippen LogP contribution in [0.4, 0.5) is 0 Å². The number of esters is 1. The van der Waals surface area contributed by atoms with Crippen LogP contribution in [0.2, 0.25) is 10.0 Å². The third-order valence-electron chi connectivity index (χ3n) is 4.90. The van der Waals surface area contributed by atoms with Crippen LogP contribution in [0.1, 0.15) is 21.5 Å². The lowest BCUT2D eigenvalue weighted by Crippen LogP contribution is -2.27. The summed E-state index contributed by atoms with van der Waals surface area (Å²) < 4.78 is 11.4. The van der Waals surface area contributed by atoms with Gasteiger partial charge in [0.15, 0.2) is 11.5 Å². The van der Waals surface area contributed by atoms with Crippen LogP contribution in [0.15, 0.2) is 71.6 Å². The first-order valence-electron chi connectivity index (χ1n) is 10.0. The van der Waals surface area contributed by atoms with Crippen LogP contribution < -0.4 is 9.47 Å². The topological polar surface area (TPSA) is 55.8 Å². The number of methoxy groups -OCH3 is 1. The second-order valence-corrected chi connectivity index (χ2v) is 9.70. The molecule has 3 aromatic rings. The molecule has 1 heterocycles. The maximum atomic E-state index is 12.9. The summed E-state index contributed by atoms with van der Waals surface area (Å²) in [6.07, 6.45) is 1.73. The lowest BCUT2D eigenvalue weighted by atomic mass is 10.1. The molecule has 1 fully saturated rings. The predicted molar refractivity (Wildman–Crippen MR) is 140 cm³/mol. The lowest BCUT2D eigenvalue weighted by Gasteiger charge is -2.14. The average Bonchev–Trinajstić information content (AvgIpc) is 3.07. The van der Waals surface area contributed by atoms with Crippen molar-refractivity contribution < 1.29 is 19.1 Å². The van der Waals surface area contributed by atoms with E-state index in [1.807, 2.05) is 30.3 Å². The fourth-order valence-electron chi connectivity index (χ4n) is 3.22. The number of benzene rings is 3. The van der Waals surface area contributed by atoms with Gasteiger partial charge in [0, 0.05) is 5.02 Å². The van der Waals surface area contributed by atoms with Crippen molar-refractivity contribution in [1.82, 2.24) is 4.90 Å².